The highest BCUT2D eigenvalue weighted by Crippen LogP contribution is 2.20. The number of amides is 1. The van der Waals surface area contributed by atoms with Gasteiger partial charge in [-0.05, 0) is 23.2 Å². The molecule has 0 aliphatic heterocycles. The molecule has 21 heavy (non-hydrogen) atoms. The van der Waals surface area contributed by atoms with Gasteiger partial charge >= 0.3 is 13.2 Å². The molecule has 1 amide bonds. The van der Waals surface area contributed by atoms with Crippen LogP contribution in [0.1, 0.15) is 5.56 Å². The first-order chi connectivity index (χ1) is 9.99. The van der Waals surface area contributed by atoms with Gasteiger partial charge in [-0.25, -0.2) is 9.18 Å². The Labute approximate surface area is 121 Å². The van der Waals surface area contributed by atoms with Gasteiger partial charge in [0, 0.05) is 0 Å². The van der Waals surface area contributed by atoms with Gasteiger partial charge in [-0.15, -0.1) is 0 Å². The minimum absolute atomic E-state index is 0.00583. The molecule has 108 valence electrons. The van der Waals surface area contributed by atoms with Gasteiger partial charge in [0.1, 0.15) is 5.82 Å². The summed E-state index contributed by atoms with van der Waals surface area (Å²) in [6, 6.07) is 12.2. The van der Waals surface area contributed by atoms with Gasteiger partial charge in [0.05, 0.1) is 12.2 Å². The van der Waals surface area contributed by atoms with Gasteiger partial charge in [-0.3, -0.25) is 4.90 Å². The summed E-state index contributed by atoms with van der Waals surface area (Å²) in [5.41, 5.74) is 0.530. The van der Waals surface area contributed by atoms with Crippen LogP contribution >= 0.6 is 0 Å². The lowest BCUT2D eigenvalue weighted by molar-refractivity contribution is 0.201. The number of hydrogen-bond acceptors (Lipinski definition) is 3. The zero-order valence-electron chi connectivity index (χ0n) is 11.0. The highest BCUT2D eigenvalue weighted by molar-refractivity contribution is 6.58. The Morgan fingerprint density at radius 2 is 1.81 bits per heavy atom. The van der Waals surface area contributed by atoms with E-state index < -0.39 is 19.0 Å². The number of hydrogen-bond donors (Lipinski definition) is 3. The van der Waals surface area contributed by atoms with Crippen molar-refractivity contribution in [1.29, 1.82) is 0 Å². The van der Waals surface area contributed by atoms with Crippen LogP contribution in [0.4, 0.5) is 14.9 Å². The van der Waals surface area contributed by atoms with Crippen molar-refractivity contribution in [1.82, 2.24) is 0 Å². The molecule has 0 unspecified atom stereocenters. The maximum atomic E-state index is 14.0. The van der Waals surface area contributed by atoms with Crippen molar-refractivity contribution in [3.8, 4) is 0 Å². The van der Waals surface area contributed by atoms with Crippen molar-refractivity contribution < 1.29 is 24.3 Å². The normalized spacial score (nSPS) is 10.2. The molecule has 0 aromatic heterocycles. The molecule has 2 aromatic rings. The lowest BCUT2D eigenvalue weighted by atomic mass is 9.80. The lowest BCUT2D eigenvalue weighted by Crippen LogP contribution is -2.33. The van der Waals surface area contributed by atoms with Crippen LogP contribution < -0.4 is 10.4 Å². The van der Waals surface area contributed by atoms with E-state index in [4.69, 9.17) is 10.0 Å². The van der Waals surface area contributed by atoms with Crippen LogP contribution in [0.3, 0.4) is 0 Å². The van der Waals surface area contributed by atoms with E-state index in [2.05, 4.69) is 0 Å². The molecule has 0 saturated heterocycles. The minimum atomic E-state index is -1.80. The molecule has 0 radical (unpaired) electrons. The average molecular weight is 289 g/mol. The van der Waals surface area contributed by atoms with E-state index in [9.17, 15) is 14.3 Å². The molecule has 2 rings (SSSR count). The topological polar surface area (TPSA) is 81.0 Å². The zero-order valence-corrected chi connectivity index (χ0v) is 11.0. The van der Waals surface area contributed by atoms with Gasteiger partial charge in [0.25, 0.3) is 0 Å². The van der Waals surface area contributed by atoms with Gasteiger partial charge in [0.2, 0.25) is 0 Å². The van der Waals surface area contributed by atoms with Crippen LogP contribution in [0.2, 0.25) is 0 Å². The molecule has 0 aliphatic carbocycles. The largest absolute Gasteiger partial charge is 0.488 e. The molecule has 0 heterocycles. The van der Waals surface area contributed by atoms with E-state index in [-0.39, 0.29) is 17.7 Å². The summed E-state index contributed by atoms with van der Waals surface area (Å²) < 4.78 is 14.0. The summed E-state index contributed by atoms with van der Waals surface area (Å²) in [6.45, 7) is -0.00583. The molecular weight excluding hydrogens is 276 g/mol. The van der Waals surface area contributed by atoms with Crippen LogP contribution in [-0.4, -0.2) is 28.4 Å². The second-order valence-electron chi connectivity index (χ2n) is 4.44. The molecule has 3 N–H and O–H groups in total. The smallest absolute Gasteiger partial charge is 0.465 e. The fourth-order valence-corrected chi connectivity index (χ4v) is 1.92. The second kappa shape index (κ2) is 6.38. The number of benzene rings is 2. The van der Waals surface area contributed by atoms with E-state index >= 15 is 0 Å². The minimum Gasteiger partial charge on any atom is -0.465 e. The van der Waals surface area contributed by atoms with Crippen LogP contribution in [0.5, 0.6) is 0 Å². The Balaban J connectivity index is 2.33. The van der Waals surface area contributed by atoms with Crippen molar-refractivity contribution in [2.24, 2.45) is 0 Å². The van der Waals surface area contributed by atoms with Gasteiger partial charge in [0.15, 0.2) is 0 Å². The third kappa shape index (κ3) is 3.59. The van der Waals surface area contributed by atoms with E-state index in [0.29, 0.717) is 5.56 Å². The predicted octanol–water partition coefficient (Wildman–Crippen LogP) is 1.19. The van der Waals surface area contributed by atoms with Crippen LogP contribution in [0, 0.1) is 5.82 Å². The fraction of sp³-hybridized carbons (Fsp3) is 0.0714. The van der Waals surface area contributed by atoms with Crippen LogP contribution in [0.25, 0.3) is 0 Å². The third-order valence-corrected chi connectivity index (χ3v) is 2.98. The molecule has 0 aliphatic rings. The molecule has 7 heteroatoms. The Bertz CT molecular complexity index is 636. The first-order valence-electron chi connectivity index (χ1n) is 6.19. The second-order valence-corrected chi connectivity index (χ2v) is 4.44. The highest BCUT2D eigenvalue weighted by Gasteiger charge is 2.21. The Morgan fingerprint density at radius 3 is 2.33 bits per heavy atom. The Morgan fingerprint density at radius 1 is 1.14 bits per heavy atom. The maximum absolute atomic E-state index is 14.0. The SMILES string of the molecule is O=C(O)N(Cc1ccccc1)c1ccc(B(O)O)cc1F. The van der Waals surface area contributed by atoms with Gasteiger partial charge < -0.3 is 15.2 Å². The van der Waals surface area contributed by atoms with Crippen LogP contribution in [0.15, 0.2) is 48.5 Å². The van der Waals surface area contributed by atoms with E-state index in [0.717, 1.165) is 11.0 Å². The molecule has 2 aromatic carbocycles. The Hall–Kier alpha value is -2.38. The average Bonchev–Trinajstić information content (AvgIpc) is 2.46. The number of halogens is 1. The summed E-state index contributed by atoms with van der Waals surface area (Å²) in [5, 5.41) is 27.2. The Kier molecular flexibility index (Phi) is 4.57. The number of carbonyl (C=O) groups is 1. The quantitative estimate of drug-likeness (QED) is 0.738. The number of carboxylic acid groups (broad SMARTS) is 1. The summed E-state index contributed by atoms with van der Waals surface area (Å²) in [6.07, 6.45) is -1.30. The highest BCUT2D eigenvalue weighted by atomic mass is 19.1. The molecule has 0 saturated carbocycles. The van der Waals surface area contributed by atoms with Gasteiger partial charge in [-0.2, -0.15) is 0 Å². The summed E-state index contributed by atoms with van der Waals surface area (Å²) >= 11 is 0. The lowest BCUT2D eigenvalue weighted by Gasteiger charge is -2.20. The summed E-state index contributed by atoms with van der Waals surface area (Å²) in [7, 11) is -1.80. The number of rotatable bonds is 4. The maximum Gasteiger partial charge on any atom is 0.488 e. The standard InChI is InChI=1S/C14H13BFNO4/c16-12-8-11(15(20)21)6-7-13(12)17(14(18)19)9-10-4-2-1-3-5-10/h1-8,20-21H,9H2,(H,18,19). The number of nitrogens with zero attached hydrogens (tertiary/aromatic N) is 1. The molecule has 0 fully saturated rings. The molecule has 0 spiro atoms. The fourth-order valence-electron chi connectivity index (χ4n) is 1.92. The molecule has 0 bridgehead atoms. The van der Waals surface area contributed by atoms with E-state index in [1.165, 1.54) is 12.1 Å². The summed E-state index contributed by atoms with van der Waals surface area (Å²) in [5.74, 6) is -0.834. The van der Waals surface area contributed by atoms with E-state index in [1.54, 1.807) is 30.3 Å². The number of anilines is 1. The zero-order chi connectivity index (χ0) is 15.4. The van der Waals surface area contributed by atoms with Crippen molar-refractivity contribution in [2.45, 2.75) is 6.54 Å². The van der Waals surface area contributed by atoms with E-state index in [1.807, 2.05) is 0 Å². The van der Waals surface area contributed by atoms with Crippen molar-refractivity contribution in [2.75, 3.05) is 4.90 Å². The van der Waals surface area contributed by atoms with Gasteiger partial charge in [-0.1, -0.05) is 36.4 Å². The molecule has 5 nitrogen and oxygen atoms in total. The summed E-state index contributed by atoms with van der Waals surface area (Å²) in [4.78, 5) is 12.2. The molecular formula is C14H13BFNO4. The van der Waals surface area contributed by atoms with Crippen molar-refractivity contribution >= 4 is 24.4 Å². The predicted molar refractivity (Wildman–Crippen MR) is 76.9 cm³/mol. The monoisotopic (exact) mass is 289 g/mol. The van der Waals surface area contributed by atoms with Crippen LogP contribution in [-0.2, 0) is 6.54 Å². The first-order valence-corrected chi connectivity index (χ1v) is 6.19. The third-order valence-electron chi connectivity index (χ3n) is 2.98. The molecule has 0 atom stereocenters. The van der Waals surface area contributed by atoms with Crippen molar-refractivity contribution in [3.05, 3.63) is 59.9 Å². The first kappa shape index (κ1) is 15.0. The van der Waals surface area contributed by atoms with Crippen molar-refractivity contribution in [3.63, 3.8) is 0 Å².